The number of hydrogen-bond acceptors (Lipinski definition) is 5. The third-order valence-electron chi connectivity index (χ3n) is 4.64. The fourth-order valence-electron chi connectivity index (χ4n) is 3.39. The molecule has 5 nitrogen and oxygen atoms in total. The summed E-state index contributed by atoms with van der Waals surface area (Å²) in [4.78, 5) is 2.43. The van der Waals surface area contributed by atoms with Crippen LogP contribution in [0, 0.1) is 0 Å². The van der Waals surface area contributed by atoms with Crippen LogP contribution in [0.1, 0.15) is 25.0 Å². The summed E-state index contributed by atoms with van der Waals surface area (Å²) in [5, 5.41) is 3.52. The molecule has 0 saturated carbocycles. The first-order valence-electron chi connectivity index (χ1n) is 8.60. The van der Waals surface area contributed by atoms with Gasteiger partial charge in [0.05, 0.1) is 19.8 Å². The Bertz CT molecular complexity index is 535. The van der Waals surface area contributed by atoms with Crippen molar-refractivity contribution in [2.24, 2.45) is 0 Å². The normalized spacial score (nSPS) is 24.3. The van der Waals surface area contributed by atoms with Crippen LogP contribution in [0.5, 0.6) is 11.5 Å². The van der Waals surface area contributed by atoms with E-state index < -0.39 is 0 Å². The molecule has 3 rings (SSSR count). The summed E-state index contributed by atoms with van der Waals surface area (Å²) in [5.41, 5.74) is 2.42. The number of benzene rings is 1. The van der Waals surface area contributed by atoms with Crippen molar-refractivity contribution < 1.29 is 14.2 Å². The second-order valence-electron chi connectivity index (χ2n) is 6.42. The van der Waals surface area contributed by atoms with Crippen molar-refractivity contribution >= 4 is 0 Å². The molecule has 2 heterocycles. The Labute approximate surface area is 138 Å². The van der Waals surface area contributed by atoms with Crippen LogP contribution in [-0.4, -0.2) is 57.0 Å². The van der Waals surface area contributed by atoms with Crippen LogP contribution in [0.25, 0.3) is 0 Å². The van der Waals surface area contributed by atoms with Crippen molar-refractivity contribution in [3.63, 3.8) is 0 Å². The van der Waals surface area contributed by atoms with Crippen LogP contribution < -0.4 is 14.8 Å². The highest BCUT2D eigenvalue weighted by atomic mass is 16.5. The van der Waals surface area contributed by atoms with Gasteiger partial charge in [-0.25, -0.2) is 0 Å². The van der Waals surface area contributed by atoms with E-state index in [9.17, 15) is 0 Å². The monoisotopic (exact) mass is 320 g/mol. The molecule has 2 aliphatic heterocycles. The van der Waals surface area contributed by atoms with Crippen molar-refractivity contribution in [3.05, 3.63) is 23.3 Å². The summed E-state index contributed by atoms with van der Waals surface area (Å²) in [6.07, 6.45) is 1.47. The predicted octanol–water partition coefficient (Wildman–Crippen LogP) is 1.83. The summed E-state index contributed by atoms with van der Waals surface area (Å²) < 4.78 is 17.2. The van der Waals surface area contributed by atoms with Crippen LogP contribution in [0.4, 0.5) is 0 Å². The largest absolute Gasteiger partial charge is 0.497 e. The van der Waals surface area contributed by atoms with Gasteiger partial charge in [0.1, 0.15) is 17.6 Å². The molecule has 23 heavy (non-hydrogen) atoms. The first-order chi connectivity index (χ1) is 11.2. The molecule has 1 aromatic carbocycles. The van der Waals surface area contributed by atoms with E-state index in [0.717, 1.165) is 57.3 Å². The van der Waals surface area contributed by atoms with Crippen molar-refractivity contribution in [1.29, 1.82) is 0 Å². The Morgan fingerprint density at radius 2 is 2.26 bits per heavy atom. The van der Waals surface area contributed by atoms with Gasteiger partial charge in [0.25, 0.3) is 0 Å². The lowest BCUT2D eigenvalue weighted by Crippen LogP contribution is -2.46. The lowest BCUT2D eigenvalue weighted by molar-refractivity contribution is -0.0254. The van der Waals surface area contributed by atoms with Crippen LogP contribution in [0.2, 0.25) is 0 Å². The number of rotatable bonds is 6. The van der Waals surface area contributed by atoms with Gasteiger partial charge in [-0.2, -0.15) is 0 Å². The molecule has 1 fully saturated rings. The molecular weight excluding hydrogens is 292 g/mol. The third-order valence-corrected chi connectivity index (χ3v) is 4.64. The quantitative estimate of drug-likeness (QED) is 0.866. The molecule has 128 valence electrons. The number of fused-ring (bicyclic) bond motifs is 1. The summed E-state index contributed by atoms with van der Waals surface area (Å²) in [5.74, 6) is 1.94. The van der Waals surface area contributed by atoms with Gasteiger partial charge in [0.15, 0.2) is 0 Å². The number of ether oxygens (including phenoxy) is 3. The lowest BCUT2D eigenvalue weighted by Gasteiger charge is -2.32. The molecule has 1 N–H and O–H groups in total. The molecule has 0 aliphatic carbocycles. The summed E-state index contributed by atoms with van der Waals surface area (Å²) >= 11 is 0. The van der Waals surface area contributed by atoms with Gasteiger partial charge in [-0.1, -0.05) is 6.92 Å². The highest BCUT2D eigenvalue weighted by Crippen LogP contribution is 2.36. The number of hydrogen-bond donors (Lipinski definition) is 1. The summed E-state index contributed by atoms with van der Waals surface area (Å²) in [7, 11) is 1.72. The average Bonchev–Trinajstić information content (AvgIpc) is 2.95. The Balaban J connectivity index is 1.59. The molecule has 0 radical (unpaired) electrons. The molecule has 1 aromatic rings. The number of nitrogens with zero attached hydrogens (tertiary/aromatic N) is 1. The van der Waals surface area contributed by atoms with Crippen molar-refractivity contribution in [2.45, 2.75) is 39.0 Å². The average molecular weight is 320 g/mol. The van der Waals surface area contributed by atoms with E-state index in [4.69, 9.17) is 14.2 Å². The molecule has 1 saturated heterocycles. The van der Waals surface area contributed by atoms with Crippen LogP contribution in [0.3, 0.4) is 0 Å². The zero-order valence-electron chi connectivity index (χ0n) is 14.4. The van der Waals surface area contributed by atoms with Crippen molar-refractivity contribution in [3.8, 4) is 11.5 Å². The van der Waals surface area contributed by atoms with Gasteiger partial charge < -0.3 is 19.5 Å². The smallest absolute Gasteiger partial charge is 0.127 e. The van der Waals surface area contributed by atoms with E-state index in [1.54, 1.807) is 7.11 Å². The summed E-state index contributed by atoms with van der Waals surface area (Å²) in [6.45, 7) is 9.92. The maximum absolute atomic E-state index is 5.98. The van der Waals surface area contributed by atoms with Crippen LogP contribution >= 0.6 is 0 Å². The molecule has 0 unspecified atom stereocenters. The van der Waals surface area contributed by atoms with E-state index in [2.05, 4.69) is 36.2 Å². The minimum Gasteiger partial charge on any atom is -0.497 e. The Morgan fingerprint density at radius 3 is 3.04 bits per heavy atom. The molecule has 0 bridgehead atoms. The first-order valence-corrected chi connectivity index (χ1v) is 8.60. The minimum absolute atomic E-state index is 0.246. The fraction of sp³-hybridized carbons (Fsp3) is 0.667. The maximum atomic E-state index is 5.98. The minimum atomic E-state index is 0.246. The number of likely N-dealkylation sites (N-methyl/N-ethyl adjacent to an activating group) is 1. The number of morpholine rings is 1. The maximum Gasteiger partial charge on any atom is 0.127 e. The SMILES string of the molecule is CCN1CCO[C@H](CNCc2cc(OC)cc3c2O[C@@H](C)C3)C1. The van der Waals surface area contributed by atoms with Gasteiger partial charge in [-0.15, -0.1) is 0 Å². The zero-order valence-corrected chi connectivity index (χ0v) is 14.4. The van der Waals surface area contributed by atoms with E-state index in [-0.39, 0.29) is 12.2 Å². The fourth-order valence-corrected chi connectivity index (χ4v) is 3.39. The number of methoxy groups -OCH3 is 1. The van der Waals surface area contributed by atoms with Gasteiger partial charge >= 0.3 is 0 Å². The highest BCUT2D eigenvalue weighted by molar-refractivity contribution is 5.49. The van der Waals surface area contributed by atoms with E-state index in [1.165, 1.54) is 11.1 Å². The molecule has 0 amide bonds. The Hall–Kier alpha value is -1.30. The van der Waals surface area contributed by atoms with Gasteiger partial charge in [-0.3, -0.25) is 4.90 Å². The van der Waals surface area contributed by atoms with Crippen molar-refractivity contribution in [2.75, 3.05) is 39.9 Å². The topological polar surface area (TPSA) is 43.0 Å². The molecule has 2 atom stereocenters. The van der Waals surface area contributed by atoms with Gasteiger partial charge in [0.2, 0.25) is 0 Å². The van der Waals surface area contributed by atoms with E-state index in [1.807, 2.05) is 0 Å². The molecular formula is C18H28N2O3. The van der Waals surface area contributed by atoms with Gasteiger partial charge in [0, 0.05) is 43.7 Å². The predicted molar refractivity (Wildman–Crippen MR) is 90.3 cm³/mol. The lowest BCUT2D eigenvalue weighted by atomic mass is 10.1. The third kappa shape index (κ3) is 3.97. The number of nitrogens with one attached hydrogen (secondary N) is 1. The van der Waals surface area contributed by atoms with Crippen LogP contribution in [0.15, 0.2) is 12.1 Å². The first kappa shape index (κ1) is 16.6. The second kappa shape index (κ2) is 7.51. The summed E-state index contributed by atoms with van der Waals surface area (Å²) in [6, 6.07) is 4.16. The molecule has 2 aliphatic rings. The molecule has 5 heteroatoms. The Morgan fingerprint density at radius 1 is 1.39 bits per heavy atom. The Kier molecular flexibility index (Phi) is 5.41. The molecule has 0 aromatic heterocycles. The standard InChI is InChI=1S/C18H28N2O3/c1-4-20-5-6-22-17(12-20)11-19-10-15-9-16(21-3)8-14-7-13(2)23-18(14)15/h8-9,13,17,19H,4-7,10-12H2,1-3H3/t13-,17+/m0/s1. The second-order valence-corrected chi connectivity index (χ2v) is 6.42. The van der Waals surface area contributed by atoms with Gasteiger partial charge in [-0.05, 0) is 25.6 Å². The molecule has 0 spiro atoms. The van der Waals surface area contributed by atoms with Crippen LogP contribution in [-0.2, 0) is 17.7 Å². The van der Waals surface area contributed by atoms with Crippen molar-refractivity contribution in [1.82, 2.24) is 10.2 Å². The van der Waals surface area contributed by atoms with E-state index >= 15 is 0 Å². The van der Waals surface area contributed by atoms with E-state index in [0.29, 0.717) is 0 Å². The highest BCUT2D eigenvalue weighted by Gasteiger charge is 2.24. The zero-order chi connectivity index (χ0) is 16.2.